The number of halogens is 1. The molecule has 0 saturated carbocycles. The maximum absolute atomic E-state index is 12.5. The zero-order valence-electron chi connectivity index (χ0n) is 12.6. The van der Waals surface area contributed by atoms with Crippen LogP contribution in [-0.4, -0.2) is 24.0 Å². The molecule has 0 spiro atoms. The predicted molar refractivity (Wildman–Crippen MR) is 95.1 cm³/mol. The molecule has 0 radical (unpaired) electrons. The van der Waals surface area contributed by atoms with Crippen molar-refractivity contribution < 1.29 is 9.59 Å². The normalized spacial score (nSPS) is 10.4. The first-order chi connectivity index (χ1) is 11.6. The molecule has 0 atom stereocenters. The van der Waals surface area contributed by atoms with Crippen LogP contribution in [0, 0.1) is 0 Å². The highest BCUT2D eigenvalue weighted by Gasteiger charge is 2.15. The molecule has 0 aliphatic heterocycles. The number of nitrogens with zero attached hydrogens (tertiary/aromatic N) is 1. The number of fused-ring (bicyclic) bond motifs is 1. The topological polar surface area (TPSA) is 83.1 Å². The molecule has 0 bridgehead atoms. The minimum Gasteiger partial charge on any atom is -0.340 e. The Balaban J connectivity index is 2.04. The second kappa shape index (κ2) is 6.86. The Morgan fingerprint density at radius 1 is 1.12 bits per heavy atom. The number of hydrogen-bond donors (Lipinski definition) is 3. The summed E-state index contributed by atoms with van der Waals surface area (Å²) in [7, 11) is 1.46. The lowest BCUT2D eigenvalue weighted by Crippen LogP contribution is -2.45. The van der Waals surface area contributed by atoms with Crippen LogP contribution in [0.4, 0.5) is 4.79 Å². The maximum Gasteiger partial charge on any atom is 0.333 e. The highest BCUT2D eigenvalue weighted by molar-refractivity contribution is 7.19. The summed E-state index contributed by atoms with van der Waals surface area (Å²) in [4.78, 5) is 29.1. The van der Waals surface area contributed by atoms with E-state index in [4.69, 9.17) is 11.6 Å². The Morgan fingerprint density at radius 3 is 2.62 bits per heavy atom. The van der Waals surface area contributed by atoms with Gasteiger partial charge in [0.25, 0.3) is 5.91 Å². The molecule has 122 valence electrons. The molecule has 0 saturated heterocycles. The van der Waals surface area contributed by atoms with Crippen molar-refractivity contribution in [2.75, 3.05) is 7.05 Å². The summed E-state index contributed by atoms with van der Waals surface area (Å²) in [5.74, 6) is -0.430. The Kier molecular flexibility index (Phi) is 4.64. The first kappa shape index (κ1) is 16.2. The third-order valence-electron chi connectivity index (χ3n) is 3.30. The predicted octanol–water partition coefficient (Wildman–Crippen LogP) is 3.19. The minimum atomic E-state index is -0.507. The van der Waals surface area contributed by atoms with Crippen molar-refractivity contribution in [3.05, 3.63) is 52.4 Å². The van der Waals surface area contributed by atoms with E-state index in [-0.39, 0.29) is 0 Å². The number of nitrogens with one attached hydrogen (secondary N) is 3. The van der Waals surface area contributed by atoms with E-state index in [0.717, 1.165) is 4.88 Å². The summed E-state index contributed by atoms with van der Waals surface area (Å²) in [6, 6.07) is 12.1. The highest BCUT2D eigenvalue weighted by Crippen LogP contribution is 2.32. The average Bonchev–Trinajstić information content (AvgIpc) is 3.04. The summed E-state index contributed by atoms with van der Waals surface area (Å²) in [6.45, 7) is 0. The largest absolute Gasteiger partial charge is 0.340 e. The SMILES string of the molecule is CNC(=O)NNC(=O)c1cc(-c2ccc(Cl)s2)nc2ccccc12. The van der Waals surface area contributed by atoms with Gasteiger partial charge in [0.2, 0.25) is 0 Å². The third-order valence-corrected chi connectivity index (χ3v) is 4.56. The molecule has 0 aliphatic rings. The molecule has 2 aromatic heterocycles. The lowest BCUT2D eigenvalue weighted by atomic mass is 10.1. The van der Waals surface area contributed by atoms with Gasteiger partial charge in [0.05, 0.1) is 26.0 Å². The van der Waals surface area contributed by atoms with Crippen molar-refractivity contribution in [2.45, 2.75) is 0 Å². The fourth-order valence-corrected chi connectivity index (χ4v) is 3.19. The molecule has 24 heavy (non-hydrogen) atoms. The number of carbonyl (C=O) groups excluding carboxylic acids is 2. The van der Waals surface area contributed by atoms with Crippen LogP contribution in [0.15, 0.2) is 42.5 Å². The van der Waals surface area contributed by atoms with Crippen LogP contribution in [0.3, 0.4) is 0 Å². The van der Waals surface area contributed by atoms with Gasteiger partial charge in [-0.15, -0.1) is 11.3 Å². The van der Waals surface area contributed by atoms with E-state index in [1.165, 1.54) is 18.4 Å². The number of hydrogen-bond acceptors (Lipinski definition) is 4. The molecule has 3 N–H and O–H groups in total. The van der Waals surface area contributed by atoms with Gasteiger partial charge in [-0.1, -0.05) is 29.8 Å². The Hall–Kier alpha value is -2.64. The quantitative estimate of drug-likeness (QED) is 0.614. The van der Waals surface area contributed by atoms with Gasteiger partial charge >= 0.3 is 6.03 Å². The van der Waals surface area contributed by atoms with Crippen molar-refractivity contribution in [1.29, 1.82) is 0 Å². The van der Waals surface area contributed by atoms with Gasteiger partial charge in [-0.2, -0.15) is 0 Å². The Labute approximate surface area is 146 Å². The van der Waals surface area contributed by atoms with Crippen LogP contribution in [0.25, 0.3) is 21.5 Å². The number of aromatic nitrogens is 1. The zero-order chi connectivity index (χ0) is 17.1. The van der Waals surface area contributed by atoms with Crippen LogP contribution in [0.1, 0.15) is 10.4 Å². The van der Waals surface area contributed by atoms with Gasteiger partial charge in [-0.05, 0) is 24.3 Å². The lowest BCUT2D eigenvalue weighted by Gasteiger charge is -2.10. The number of hydrazine groups is 1. The minimum absolute atomic E-state index is 0.413. The summed E-state index contributed by atoms with van der Waals surface area (Å²) >= 11 is 7.37. The second-order valence-corrected chi connectivity index (χ2v) is 6.55. The Bertz CT molecular complexity index is 925. The third kappa shape index (κ3) is 3.32. The number of rotatable bonds is 2. The van der Waals surface area contributed by atoms with Crippen molar-refractivity contribution in [3.63, 3.8) is 0 Å². The monoisotopic (exact) mass is 360 g/mol. The summed E-state index contributed by atoms with van der Waals surface area (Å²) in [5.41, 5.74) is 6.39. The van der Waals surface area contributed by atoms with Crippen molar-refractivity contribution in [3.8, 4) is 10.6 Å². The number of pyridine rings is 1. The van der Waals surface area contributed by atoms with Gasteiger partial charge in [0.1, 0.15) is 0 Å². The van der Waals surface area contributed by atoms with Crippen molar-refractivity contribution >= 4 is 45.8 Å². The van der Waals surface area contributed by atoms with Gasteiger partial charge in [0, 0.05) is 12.4 Å². The molecule has 2 heterocycles. The first-order valence-corrected chi connectivity index (χ1v) is 8.21. The number of urea groups is 1. The van der Waals surface area contributed by atoms with E-state index in [1.807, 2.05) is 30.3 Å². The van der Waals surface area contributed by atoms with E-state index in [1.54, 1.807) is 12.1 Å². The zero-order valence-corrected chi connectivity index (χ0v) is 14.2. The molecule has 8 heteroatoms. The van der Waals surface area contributed by atoms with Crippen LogP contribution < -0.4 is 16.2 Å². The summed E-state index contributed by atoms with van der Waals surface area (Å²) in [5, 5.41) is 3.05. The molecule has 1 aromatic carbocycles. The van der Waals surface area contributed by atoms with E-state index >= 15 is 0 Å². The van der Waals surface area contributed by atoms with E-state index < -0.39 is 11.9 Å². The highest BCUT2D eigenvalue weighted by atomic mass is 35.5. The first-order valence-electron chi connectivity index (χ1n) is 7.02. The van der Waals surface area contributed by atoms with Crippen LogP contribution in [-0.2, 0) is 0 Å². The van der Waals surface area contributed by atoms with E-state index in [9.17, 15) is 9.59 Å². The van der Waals surface area contributed by atoms with Gasteiger partial charge in [-0.3, -0.25) is 10.2 Å². The smallest absolute Gasteiger partial charge is 0.333 e. The lowest BCUT2D eigenvalue weighted by molar-refractivity contribution is 0.0938. The number of amides is 3. The molecule has 6 nitrogen and oxygen atoms in total. The van der Waals surface area contributed by atoms with Crippen molar-refractivity contribution in [1.82, 2.24) is 21.2 Å². The number of benzene rings is 1. The summed E-state index contributed by atoms with van der Waals surface area (Å²) in [6.07, 6.45) is 0. The second-order valence-electron chi connectivity index (χ2n) is 4.83. The maximum atomic E-state index is 12.5. The molecule has 3 aromatic rings. The number of carbonyl (C=O) groups is 2. The van der Waals surface area contributed by atoms with Gasteiger partial charge in [-0.25, -0.2) is 15.2 Å². The van der Waals surface area contributed by atoms with Gasteiger partial charge < -0.3 is 5.32 Å². The summed E-state index contributed by atoms with van der Waals surface area (Å²) < 4.78 is 0.646. The molecule has 0 unspecified atom stereocenters. The molecular weight excluding hydrogens is 348 g/mol. The standard InChI is InChI=1S/C16H13ClN4O2S/c1-18-16(23)21-20-15(22)10-8-12(13-6-7-14(17)24-13)19-11-5-3-2-4-9(10)11/h2-8H,1H3,(H,20,22)(H2,18,21,23). The fourth-order valence-electron chi connectivity index (χ4n) is 2.18. The van der Waals surface area contributed by atoms with Crippen LogP contribution in [0.5, 0.6) is 0 Å². The molecular formula is C16H13ClN4O2S. The molecule has 0 fully saturated rings. The average molecular weight is 361 g/mol. The van der Waals surface area contributed by atoms with E-state index in [0.29, 0.717) is 26.5 Å². The molecule has 3 amide bonds. The van der Waals surface area contributed by atoms with Crippen LogP contribution in [0.2, 0.25) is 4.34 Å². The number of thiophene rings is 1. The molecule has 0 aliphatic carbocycles. The fraction of sp³-hybridized carbons (Fsp3) is 0.0625. The van der Waals surface area contributed by atoms with Crippen LogP contribution >= 0.6 is 22.9 Å². The van der Waals surface area contributed by atoms with Gasteiger partial charge in [0.15, 0.2) is 0 Å². The Morgan fingerprint density at radius 2 is 1.92 bits per heavy atom. The molecule has 3 rings (SSSR count). The number of para-hydroxylation sites is 1. The van der Waals surface area contributed by atoms with E-state index in [2.05, 4.69) is 21.2 Å². The van der Waals surface area contributed by atoms with Crippen molar-refractivity contribution in [2.24, 2.45) is 0 Å².